The van der Waals surface area contributed by atoms with Gasteiger partial charge in [-0.3, -0.25) is 9.59 Å². The molecule has 1 amide bonds. The number of hydrogen-bond acceptors (Lipinski definition) is 7. The van der Waals surface area contributed by atoms with Gasteiger partial charge in [-0.15, -0.1) is 0 Å². The van der Waals surface area contributed by atoms with Gasteiger partial charge in [-0.05, 0) is 50.6 Å². The second-order valence-electron chi connectivity index (χ2n) is 7.14. The molecule has 30 heavy (non-hydrogen) atoms. The molecule has 0 saturated heterocycles. The minimum atomic E-state index is -0.859. The molecule has 1 aliphatic heterocycles. The third-order valence-electron chi connectivity index (χ3n) is 4.93. The molecule has 0 fully saturated rings. The Hall–Kier alpha value is -3.75. The molecule has 1 aliphatic rings. The van der Waals surface area contributed by atoms with Crippen molar-refractivity contribution in [1.29, 1.82) is 0 Å². The lowest BCUT2D eigenvalue weighted by molar-refractivity contribution is -0.124. The van der Waals surface area contributed by atoms with Crippen molar-refractivity contribution >= 4 is 11.6 Å². The van der Waals surface area contributed by atoms with Gasteiger partial charge in [0.2, 0.25) is 12.7 Å². The highest BCUT2D eigenvalue weighted by atomic mass is 16.7. The SMILES string of the molecule is Cc1cc(-c2cc(N)c(=O)n(C(C)C(=O)NCc3ccc4c(c3)OCO4)n2)c(C)o1. The van der Waals surface area contributed by atoms with E-state index in [1.54, 1.807) is 26.0 Å². The minimum Gasteiger partial charge on any atom is -0.466 e. The van der Waals surface area contributed by atoms with E-state index in [2.05, 4.69) is 10.4 Å². The fraction of sp³-hybridized carbons (Fsp3) is 0.286. The number of carbonyl (C=O) groups is 1. The molecule has 3 aromatic rings. The number of fused-ring (bicyclic) bond motifs is 1. The highest BCUT2D eigenvalue weighted by Crippen LogP contribution is 2.32. The molecular formula is C21H22N4O5. The Kier molecular flexibility index (Phi) is 4.94. The van der Waals surface area contributed by atoms with Gasteiger partial charge in [0.1, 0.15) is 23.2 Å². The number of nitrogens with one attached hydrogen (secondary N) is 1. The van der Waals surface area contributed by atoms with Crippen molar-refractivity contribution in [3.8, 4) is 22.8 Å². The van der Waals surface area contributed by atoms with Crippen LogP contribution in [0, 0.1) is 13.8 Å². The predicted octanol–water partition coefficient (Wildman–Crippen LogP) is 2.31. The van der Waals surface area contributed by atoms with Crippen molar-refractivity contribution in [1.82, 2.24) is 15.1 Å². The Labute approximate surface area is 172 Å². The first-order chi connectivity index (χ1) is 14.3. The third-order valence-corrected chi connectivity index (χ3v) is 4.93. The van der Waals surface area contributed by atoms with Crippen LogP contribution in [-0.2, 0) is 11.3 Å². The molecule has 0 radical (unpaired) electrons. The largest absolute Gasteiger partial charge is 0.466 e. The number of nitrogens with two attached hydrogens (primary N) is 1. The average Bonchev–Trinajstić information content (AvgIpc) is 3.32. The molecule has 2 aromatic heterocycles. The van der Waals surface area contributed by atoms with Gasteiger partial charge in [0.05, 0.1) is 5.69 Å². The number of rotatable bonds is 5. The molecule has 9 heteroatoms. The van der Waals surface area contributed by atoms with Gasteiger partial charge < -0.3 is 24.9 Å². The summed E-state index contributed by atoms with van der Waals surface area (Å²) in [6.07, 6.45) is 0. The standard InChI is InChI=1S/C21H22N4O5/c1-11-6-15(13(3)30-11)17-8-16(22)21(27)25(24-17)12(2)20(26)23-9-14-4-5-18-19(7-14)29-10-28-18/h4-8,12H,9-10,22H2,1-3H3,(H,23,26). The Morgan fingerprint density at radius 3 is 2.73 bits per heavy atom. The molecule has 0 aliphatic carbocycles. The number of hydrogen-bond donors (Lipinski definition) is 2. The summed E-state index contributed by atoms with van der Waals surface area (Å²) in [6, 6.07) is 7.89. The summed E-state index contributed by atoms with van der Waals surface area (Å²) in [5, 5.41) is 7.18. The summed E-state index contributed by atoms with van der Waals surface area (Å²) >= 11 is 0. The summed E-state index contributed by atoms with van der Waals surface area (Å²) < 4.78 is 17.3. The van der Waals surface area contributed by atoms with Crippen LogP contribution in [0.25, 0.3) is 11.3 Å². The fourth-order valence-electron chi connectivity index (χ4n) is 3.31. The van der Waals surface area contributed by atoms with Crippen LogP contribution in [0.2, 0.25) is 0 Å². The molecule has 0 saturated carbocycles. The topological polar surface area (TPSA) is 122 Å². The Bertz CT molecular complexity index is 1180. The second-order valence-corrected chi connectivity index (χ2v) is 7.14. The van der Waals surface area contributed by atoms with E-state index in [0.29, 0.717) is 23.0 Å². The molecule has 1 unspecified atom stereocenters. The van der Waals surface area contributed by atoms with E-state index < -0.39 is 11.6 Å². The van der Waals surface area contributed by atoms with Crippen molar-refractivity contribution in [2.75, 3.05) is 12.5 Å². The molecule has 156 valence electrons. The van der Waals surface area contributed by atoms with E-state index >= 15 is 0 Å². The number of carbonyl (C=O) groups excluding carboxylic acids is 1. The first kappa shape index (κ1) is 19.6. The third kappa shape index (κ3) is 3.61. The first-order valence-corrected chi connectivity index (χ1v) is 9.46. The zero-order valence-electron chi connectivity index (χ0n) is 16.9. The highest BCUT2D eigenvalue weighted by molar-refractivity contribution is 5.80. The van der Waals surface area contributed by atoms with Crippen molar-refractivity contribution in [3.05, 3.63) is 57.8 Å². The summed E-state index contributed by atoms with van der Waals surface area (Å²) in [4.78, 5) is 25.2. The van der Waals surface area contributed by atoms with Crippen molar-refractivity contribution in [2.24, 2.45) is 0 Å². The number of aryl methyl sites for hydroxylation is 2. The maximum absolute atomic E-state index is 12.7. The molecular weight excluding hydrogens is 388 g/mol. The summed E-state index contributed by atoms with van der Waals surface area (Å²) in [6.45, 7) is 5.67. The van der Waals surface area contributed by atoms with Crippen molar-refractivity contribution in [2.45, 2.75) is 33.4 Å². The summed E-state index contributed by atoms with van der Waals surface area (Å²) in [5.74, 6) is 2.32. The minimum absolute atomic E-state index is 0.00803. The van der Waals surface area contributed by atoms with E-state index in [0.717, 1.165) is 21.6 Å². The predicted molar refractivity (Wildman–Crippen MR) is 109 cm³/mol. The van der Waals surface area contributed by atoms with Crippen LogP contribution < -0.4 is 26.1 Å². The highest BCUT2D eigenvalue weighted by Gasteiger charge is 2.21. The number of ether oxygens (including phenoxy) is 2. The van der Waals surface area contributed by atoms with Gasteiger partial charge >= 0.3 is 0 Å². The van der Waals surface area contributed by atoms with Crippen molar-refractivity contribution in [3.63, 3.8) is 0 Å². The number of amides is 1. The lowest BCUT2D eigenvalue weighted by atomic mass is 10.1. The number of nitrogens with zero attached hydrogens (tertiary/aromatic N) is 2. The van der Waals surface area contributed by atoms with Crippen LogP contribution in [0.4, 0.5) is 5.69 Å². The van der Waals surface area contributed by atoms with E-state index in [1.165, 1.54) is 6.07 Å². The van der Waals surface area contributed by atoms with Crippen LogP contribution in [0.15, 0.2) is 39.5 Å². The van der Waals surface area contributed by atoms with Crippen molar-refractivity contribution < 1.29 is 18.7 Å². The van der Waals surface area contributed by atoms with Crippen LogP contribution in [0.1, 0.15) is 30.0 Å². The molecule has 9 nitrogen and oxygen atoms in total. The smallest absolute Gasteiger partial charge is 0.290 e. The lowest BCUT2D eigenvalue weighted by Gasteiger charge is -2.16. The quantitative estimate of drug-likeness (QED) is 0.662. The zero-order chi connectivity index (χ0) is 21.4. The number of benzene rings is 1. The van der Waals surface area contributed by atoms with Gasteiger partial charge in [-0.1, -0.05) is 6.07 Å². The zero-order valence-corrected chi connectivity index (χ0v) is 16.9. The monoisotopic (exact) mass is 410 g/mol. The van der Waals surface area contributed by atoms with Gasteiger partial charge in [0.15, 0.2) is 11.5 Å². The van der Waals surface area contributed by atoms with Crippen LogP contribution in [0.5, 0.6) is 11.5 Å². The summed E-state index contributed by atoms with van der Waals surface area (Å²) in [5.41, 5.74) is 7.43. The van der Waals surface area contributed by atoms with Gasteiger partial charge in [0.25, 0.3) is 5.56 Å². The number of nitrogen functional groups attached to an aromatic ring is 1. The van der Waals surface area contributed by atoms with E-state index in [9.17, 15) is 9.59 Å². The van der Waals surface area contributed by atoms with E-state index in [1.807, 2.05) is 19.1 Å². The normalized spacial score (nSPS) is 13.3. The Morgan fingerprint density at radius 1 is 1.23 bits per heavy atom. The maximum atomic E-state index is 12.7. The molecule has 1 atom stereocenters. The lowest BCUT2D eigenvalue weighted by Crippen LogP contribution is -2.37. The molecule has 3 N–H and O–H groups in total. The van der Waals surface area contributed by atoms with Crippen LogP contribution in [-0.4, -0.2) is 22.5 Å². The Morgan fingerprint density at radius 2 is 2.00 bits per heavy atom. The van der Waals surface area contributed by atoms with Gasteiger partial charge in [-0.2, -0.15) is 5.10 Å². The van der Waals surface area contributed by atoms with Gasteiger partial charge in [0, 0.05) is 12.1 Å². The first-order valence-electron chi connectivity index (χ1n) is 9.46. The Balaban J connectivity index is 1.54. The number of furan rings is 1. The molecule has 1 aromatic carbocycles. The number of aromatic nitrogens is 2. The average molecular weight is 410 g/mol. The van der Waals surface area contributed by atoms with E-state index in [-0.39, 0.29) is 24.9 Å². The van der Waals surface area contributed by atoms with Gasteiger partial charge in [-0.25, -0.2) is 4.68 Å². The molecule has 0 spiro atoms. The molecule has 0 bridgehead atoms. The molecule has 3 heterocycles. The van der Waals surface area contributed by atoms with Crippen LogP contribution >= 0.6 is 0 Å². The second kappa shape index (κ2) is 7.58. The molecule has 4 rings (SSSR count). The van der Waals surface area contributed by atoms with Crippen LogP contribution in [0.3, 0.4) is 0 Å². The fourth-order valence-corrected chi connectivity index (χ4v) is 3.31. The van der Waals surface area contributed by atoms with E-state index in [4.69, 9.17) is 19.6 Å². The number of anilines is 1. The maximum Gasteiger partial charge on any atom is 0.290 e. The summed E-state index contributed by atoms with van der Waals surface area (Å²) in [7, 11) is 0.